The molecule has 0 saturated heterocycles. The lowest BCUT2D eigenvalue weighted by Gasteiger charge is -2.10. The van der Waals surface area contributed by atoms with Gasteiger partial charge in [0.15, 0.2) is 18.1 Å². The van der Waals surface area contributed by atoms with Crippen LogP contribution in [0.3, 0.4) is 0 Å². The number of hydrogen-bond acceptors (Lipinski definition) is 4. The molecule has 1 N–H and O–H groups in total. The molecule has 0 radical (unpaired) electrons. The fraction of sp³-hybridized carbons (Fsp3) is 0.176. The van der Waals surface area contributed by atoms with Crippen molar-refractivity contribution in [2.75, 3.05) is 13.2 Å². The van der Waals surface area contributed by atoms with Gasteiger partial charge in [-0.15, -0.1) is 0 Å². The van der Waals surface area contributed by atoms with Crippen LogP contribution < -0.4 is 14.9 Å². The topological polar surface area (TPSA) is 59.9 Å². The average Bonchev–Trinajstić information content (AvgIpc) is 2.56. The summed E-state index contributed by atoms with van der Waals surface area (Å²) in [6.07, 6.45) is 1.48. The first kappa shape index (κ1) is 16.8. The molecule has 1 amide bonds. The van der Waals surface area contributed by atoms with Gasteiger partial charge < -0.3 is 9.47 Å². The molecule has 2 aromatic rings. The standard InChI is InChI=1S/C17H17ClN2O3/c1-2-22-15-9-5-6-10-16(15)23-12-17(21)20-19-11-13-7-3-4-8-14(13)18/h3-11H,2,12H2,1H3,(H,20,21)/b19-11-. The molecule has 0 aliphatic heterocycles. The van der Waals surface area contributed by atoms with Crippen molar-refractivity contribution in [3.8, 4) is 11.5 Å². The molecule has 0 atom stereocenters. The second-order valence-electron chi connectivity index (χ2n) is 4.48. The third-order valence-corrected chi connectivity index (χ3v) is 3.15. The maximum Gasteiger partial charge on any atom is 0.277 e. The molecule has 0 aromatic heterocycles. The average molecular weight is 333 g/mol. The van der Waals surface area contributed by atoms with E-state index in [1.165, 1.54) is 6.21 Å². The third-order valence-electron chi connectivity index (χ3n) is 2.81. The Labute approximate surface area is 139 Å². The SMILES string of the molecule is CCOc1ccccc1OCC(=O)N/N=C\c1ccccc1Cl. The summed E-state index contributed by atoms with van der Waals surface area (Å²) in [4.78, 5) is 11.7. The van der Waals surface area contributed by atoms with E-state index in [1.807, 2.05) is 31.2 Å². The zero-order valence-corrected chi connectivity index (χ0v) is 13.4. The van der Waals surface area contributed by atoms with Crippen LogP contribution in [0, 0.1) is 0 Å². The van der Waals surface area contributed by atoms with Gasteiger partial charge in [0.05, 0.1) is 12.8 Å². The summed E-state index contributed by atoms with van der Waals surface area (Å²) in [5.74, 6) is 0.738. The number of para-hydroxylation sites is 2. The number of halogens is 1. The molecule has 0 heterocycles. The lowest BCUT2D eigenvalue weighted by atomic mass is 10.2. The van der Waals surface area contributed by atoms with E-state index in [0.717, 1.165) is 5.56 Å². The number of hydrazone groups is 1. The lowest BCUT2D eigenvalue weighted by Crippen LogP contribution is -2.24. The molecule has 0 aliphatic carbocycles. The van der Waals surface area contributed by atoms with Crippen LogP contribution in [0.25, 0.3) is 0 Å². The Bertz CT molecular complexity index is 689. The molecule has 0 fully saturated rings. The number of nitrogens with one attached hydrogen (secondary N) is 1. The van der Waals surface area contributed by atoms with Crippen molar-refractivity contribution < 1.29 is 14.3 Å². The van der Waals surface area contributed by atoms with E-state index >= 15 is 0 Å². The molecule has 120 valence electrons. The van der Waals surface area contributed by atoms with Gasteiger partial charge in [-0.05, 0) is 25.1 Å². The number of hydrogen-bond donors (Lipinski definition) is 1. The molecule has 0 saturated carbocycles. The van der Waals surface area contributed by atoms with Crippen LogP contribution in [0.2, 0.25) is 5.02 Å². The van der Waals surface area contributed by atoms with Gasteiger partial charge in [0.25, 0.3) is 5.91 Å². The van der Waals surface area contributed by atoms with Gasteiger partial charge in [-0.2, -0.15) is 5.10 Å². The zero-order valence-electron chi connectivity index (χ0n) is 12.7. The van der Waals surface area contributed by atoms with Gasteiger partial charge in [-0.1, -0.05) is 41.9 Å². The maximum absolute atomic E-state index is 11.7. The van der Waals surface area contributed by atoms with Crippen LogP contribution in [0.5, 0.6) is 11.5 Å². The maximum atomic E-state index is 11.7. The summed E-state index contributed by atoms with van der Waals surface area (Å²) >= 11 is 5.99. The highest BCUT2D eigenvalue weighted by Gasteiger charge is 2.06. The Morgan fingerprint density at radius 3 is 2.48 bits per heavy atom. The highest BCUT2D eigenvalue weighted by atomic mass is 35.5. The molecule has 0 unspecified atom stereocenters. The fourth-order valence-corrected chi connectivity index (χ4v) is 1.96. The van der Waals surface area contributed by atoms with Gasteiger partial charge >= 0.3 is 0 Å². The summed E-state index contributed by atoms with van der Waals surface area (Å²) in [7, 11) is 0. The summed E-state index contributed by atoms with van der Waals surface area (Å²) in [6.45, 7) is 2.24. The normalized spacial score (nSPS) is 10.5. The van der Waals surface area contributed by atoms with Crippen molar-refractivity contribution in [2.24, 2.45) is 5.10 Å². The van der Waals surface area contributed by atoms with Crippen molar-refractivity contribution in [1.82, 2.24) is 5.43 Å². The summed E-state index contributed by atoms with van der Waals surface area (Å²) in [5, 5.41) is 4.42. The largest absolute Gasteiger partial charge is 0.490 e. The van der Waals surface area contributed by atoms with Gasteiger partial charge in [-0.3, -0.25) is 4.79 Å². The third kappa shape index (κ3) is 5.30. The monoisotopic (exact) mass is 332 g/mol. The number of amides is 1. The number of nitrogens with zero attached hydrogens (tertiary/aromatic N) is 1. The van der Waals surface area contributed by atoms with Gasteiger partial charge in [0.2, 0.25) is 0 Å². The predicted octanol–water partition coefficient (Wildman–Crippen LogP) is 3.27. The summed E-state index contributed by atoms with van der Waals surface area (Å²) < 4.78 is 10.9. The molecule has 23 heavy (non-hydrogen) atoms. The Balaban J connectivity index is 1.85. The quantitative estimate of drug-likeness (QED) is 0.625. The Morgan fingerprint density at radius 1 is 1.13 bits per heavy atom. The van der Waals surface area contributed by atoms with Crippen molar-refractivity contribution in [2.45, 2.75) is 6.92 Å². The molecular weight excluding hydrogens is 316 g/mol. The first-order valence-electron chi connectivity index (χ1n) is 7.11. The minimum Gasteiger partial charge on any atom is -0.490 e. The zero-order chi connectivity index (χ0) is 16.5. The second kappa shape index (κ2) is 8.80. The number of rotatable bonds is 7. The second-order valence-corrected chi connectivity index (χ2v) is 4.89. The van der Waals surface area contributed by atoms with Gasteiger partial charge in [0, 0.05) is 10.6 Å². The highest BCUT2D eigenvalue weighted by molar-refractivity contribution is 6.33. The van der Waals surface area contributed by atoms with E-state index < -0.39 is 0 Å². The molecule has 2 aromatic carbocycles. The van der Waals surface area contributed by atoms with E-state index in [9.17, 15) is 4.79 Å². The van der Waals surface area contributed by atoms with Crippen molar-refractivity contribution >= 4 is 23.7 Å². The van der Waals surface area contributed by atoms with Gasteiger partial charge in [0.1, 0.15) is 0 Å². The van der Waals surface area contributed by atoms with Gasteiger partial charge in [-0.25, -0.2) is 5.43 Å². The minimum absolute atomic E-state index is 0.163. The molecule has 0 spiro atoms. The number of benzene rings is 2. The van der Waals surface area contributed by atoms with E-state index in [0.29, 0.717) is 23.1 Å². The Hall–Kier alpha value is -2.53. The molecule has 5 nitrogen and oxygen atoms in total. The first-order chi connectivity index (χ1) is 11.2. The van der Waals surface area contributed by atoms with Crippen LogP contribution in [0.15, 0.2) is 53.6 Å². The Morgan fingerprint density at radius 2 is 1.78 bits per heavy atom. The first-order valence-corrected chi connectivity index (χ1v) is 7.49. The minimum atomic E-state index is -0.375. The number of ether oxygens (including phenoxy) is 2. The number of carbonyl (C=O) groups excluding carboxylic acids is 1. The lowest BCUT2D eigenvalue weighted by molar-refractivity contribution is -0.123. The summed E-state index contributed by atoms with van der Waals surface area (Å²) in [6, 6.07) is 14.4. The van der Waals surface area contributed by atoms with Crippen molar-refractivity contribution in [3.63, 3.8) is 0 Å². The smallest absolute Gasteiger partial charge is 0.277 e. The fourth-order valence-electron chi connectivity index (χ4n) is 1.77. The van der Waals surface area contributed by atoms with Crippen molar-refractivity contribution in [1.29, 1.82) is 0 Å². The Kier molecular flexibility index (Phi) is 6.44. The molecule has 0 aliphatic rings. The van der Waals surface area contributed by atoms with Crippen LogP contribution in [0.1, 0.15) is 12.5 Å². The van der Waals surface area contributed by atoms with Crippen LogP contribution >= 0.6 is 11.6 Å². The highest BCUT2D eigenvalue weighted by Crippen LogP contribution is 2.26. The molecular formula is C17H17ClN2O3. The van der Waals surface area contributed by atoms with E-state index in [2.05, 4.69) is 10.5 Å². The van der Waals surface area contributed by atoms with E-state index in [4.69, 9.17) is 21.1 Å². The summed E-state index contributed by atoms with van der Waals surface area (Å²) in [5.41, 5.74) is 3.11. The van der Waals surface area contributed by atoms with Crippen molar-refractivity contribution in [3.05, 3.63) is 59.1 Å². The van der Waals surface area contributed by atoms with E-state index in [1.54, 1.807) is 24.3 Å². The molecule has 6 heteroatoms. The predicted molar refractivity (Wildman–Crippen MR) is 90.3 cm³/mol. The molecule has 0 bridgehead atoms. The number of carbonyl (C=O) groups is 1. The van der Waals surface area contributed by atoms with Crippen LogP contribution in [-0.4, -0.2) is 25.3 Å². The van der Waals surface area contributed by atoms with E-state index in [-0.39, 0.29) is 12.5 Å². The molecule has 2 rings (SSSR count). The van der Waals surface area contributed by atoms with Crippen LogP contribution in [0.4, 0.5) is 0 Å². The van der Waals surface area contributed by atoms with Crippen LogP contribution in [-0.2, 0) is 4.79 Å².